The molecule has 2 aliphatic heterocycles. The fraction of sp³-hybridized carbons (Fsp3) is 0.542. The quantitative estimate of drug-likeness (QED) is 0.384. The number of nitrogens with one attached hydrogen (secondary N) is 1. The van der Waals surface area contributed by atoms with E-state index in [9.17, 15) is 4.79 Å². The molecule has 2 N–H and O–H groups in total. The summed E-state index contributed by atoms with van der Waals surface area (Å²) in [5.74, 6) is 1.57. The van der Waals surface area contributed by atoms with Crippen molar-refractivity contribution in [2.75, 3.05) is 54.6 Å². The van der Waals surface area contributed by atoms with Gasteiger partial charge in [0, 0.05) is 26.2 Å². The molecule has 11 heteroatoms. The topological polar surface area (TPSA) is 125 Å². The molecule has 0 aliphatic carbocycles. The third-order valence-electron chi connectivity index (χ3n) is 5.89. The zero-order valence-electron chi connectivity index (χ0n) is 20.1. The molecule has 2 fully saturated rings. The lowest BCUT2D eigenvalue weighted by Crippen LogP contribution is -2.34. The predicted molar refractivity (Wildman–Crippen MR) is 134 cm³/mol. The third-order valence-corrected chi connectivity index (χ3v) is 5.89. The average Bonchev–Trinajstić information content (AvgIpc) is 2.89. The maximum absolute atomic E-state index is 10.8. The van der Waals surface area contributed by atoms with Crippen molar-refractivity contribution >= 4 is 30.0 Å². The molecule has 0 unspecified atom stereocenters. The molecule has 2 aromatic rings. The molecule has 0 amide bonds. The summed E-state index contributed by atoms with van der Waals surface area (Å²) >= 11 is 0. The summed E-state index contributed by atoms with van der Waals surface area (Å²) < 4.78 is 10.9. The zero-order valence-corrected chi connectivity index (χ0v) is 20.1. The summed E-state index contributed by atoms with van der Waals surface area (Å²) in [6, 6.07) is 5.19. The first-order valence-electron chi connectivity index (χ1n) is 12.3. The molecule has 1 aromatic heterocycles. The van der Waals surface area contributed by atoms with Gasteiger partial charge < -0.3 is 24.4 Å². The van der Waals surface area contributed by atoms with Crippen LogP contribution in [0.15, 0.2) is 23.3 Å². The van der Waals surface area contributed by atoms with E-state index in [0.717, 1.165) is 57.4 Å². The Labute approximate surface area is 205 Å². The van der Waals surface area contributed by atoms with Gasteiger partial charge >= 0.3 is 5.97 Å². The maximum atomic E-state index is 10.8. The van der Waals surface area contributed by atoms with Crippen molar-refractivity contribution in [1.82, 2.24) is 15.0 Å². The van der Waals surface area contributed by atoms with Crippen LogP contribution >= 0.6 is 0 Å². The minimum atomic E-state index is -1.05. The number of hydrogen-bond acceptors (Lipinski definition) is 10. The van der Waals surface area contributed by atoms with Gasteiger partial charge in [-0.25, -0.2) is 10.2 Å². The first-order chi connectivity index (χ1) is 17.1. The van der Waals surface area contributed by atoms with Crippen LogP contribution < -0.4 is 24.7 Å². The summed E-state index contributed by atoms with van der Waals surface area (Å²) in [5, 5.41) is 13.2. The molecule has 0 spiro atoms. The van der Waals surface area contributed by atoms with Crippen molar-refractivity contribution < 1.29 is 19.4 Å². The van der Waals surface area contributed by atoms with Crippen LogP contribution in [-0.2, 0) is 4.79 Å². The van der Waals surface area contributed by atoms with Crippen LogP contribution in [0.1, 0.15) is 51.0 Å². The molecular formula is C24H33N7O4. The molecule has 11 nitrogen and oxygen atoms in total. The van der Waals surface area contributed by atoms with Crippen molar-refractivity contribution in [3.63, 3.8) is 0 Å². The number of ether oxygens (including phenoxy) is 2. The number of hydrazone groups is 1. The Morgan fingerprint density at radius 3 is 2.17 bits per heavy atom. The van der Waals surface area contributed by atoms with Crippen molar-refractivity contribution in [2.45, 2.75) is 45.4 Å². The minimum absolute atomic E-state index is 0.370. The van der Waals surface area contributed by atoms with E-state index in [2.05, 4.69) is 30.3 Å². The van der Waals surface area contributed by atoms with Crippen LogP contribution in [0.3, 0.4) is 0 Å². The Balaban J connectivity index is 1.51. The molecular weight excluding hydrogens is 450 g/mol. The van der Waals surface area contributed by atoms with E-state index in [0.29, 0.717) is 36.0 Å². The number of anilines is 3. The van der Waals surface area contributed by atoms with Crippen LogP contribution in [0.5, 0.6) is 11.5 Å². The largest absolute Gasteiger partial charge is 0.490 e. The molecule has 3 heterocycles. The first-order valence-corrected chi connectivity index (χ1v) is 12.3. The van der Waals surface area contributed by atoms with Gasteiger partial charge in [0.25, 0.3) is 0 Å². The van der Waals surface area contributed by atoms with Crippen LogP contribution in [-0.4, -0.2) is 71.6 Å². The number of benzene rings is 1. The number of nitrogens with zero attached hydrogens (tertiary/aromatic N) is 6. The van der Waals surface area contributed by atoms with Gasteiger partial charge in [0.1, 0.15) is 0 Å². The fourth-order valence-electron chi connectivity index (χ4n) is 4.17. The molecule has 0 saturated carbocycles. The normalized spacial score (nSPS) is 16.4. The zero-order chi connectivity index (χ0) is 24.5. The van der Waals surface area contributed by atoms with Crippen LogP contribution in [0.2, 0.25) is 0 Å². The van der Waals surface area contributed by atoms with E-state index in [-0.39, 0.29) is 0 Å². The molecule has 1 aromatic carbocycles. The standard InChI is InChI=1S/C24H33N7O4/c1-2-34-20-15-18(9-10-19(20)35-17-21(32)33)16-25-29-22-26-23(30-11-5-3-6-12-30)28-24(27-22)31-13-7-4-8-14-31/h9-10,15-16H,2-8,11-14,17H2,1H3,(H,32,33)(H,26,27,28,29)/b25-16+. The maximum Gasteiger partial charge on any atom is 0.341 e. The second-order valence-electron chi connectivity index (χ2n) is 8.55. The van der Waals surface area contributed by atoms with Crippen molar-refractivity contribution in [2.24, 2.45) is 5.10 Å². The highest BCUT2D eigenvalue weighted by Gasteiger charge is 2.20. The third kappa shape index (κ3) is 6.93. The van der Waals surface area contributed by atoms with E-state index in [1.807, 2.05) is 6.92 Å². The van der Waals surface area contributed by atoms with Crippen LogP contribution in [0.25, 0.3) is 0 Å². The Bertz CT molecular complexity index is 985. The van der Waals surface area contributed by atoms with Crippen LogP contribution in [0.4, 0.5) is 17.8 Å². The van der Waals surface area contributed by atoms with Gasteiger partial charge in [0.2, 0.25) is 17.8 Å². The number of piperidine rings is 2. The predicted octanol–water partition coefficient (Wildman–Crippen LogP) is 3.16. The molecule has 35 heavy (non-hydrogen) atoms. The molecule has 0 bridgehead atoms. The van der Waals surface area contributed by atoms with Gasteiger partial charge in [-0.3, -0.25) is 0 Å². The highest BCUT2D eigenvalue weighted by atomic mass is 16.5. The Kier molecular flexibility index (Phi) is 8.53. The first kappa shape index (κ1) is 24.5. The summed E-state index contributed by atoms with van der Waals surface area (Å²) in [7, 11) is 0. The van der Waals surface area contributed by atoms with Crippen molar-refractivity contribution in [1.29, 1.82) is 0 Å². The lowest BCUT2D eigenvalue weighted by Gasteiger charge is -2.30. The van der Waals surface area contributed by atoms with Crippen molar-refractivity contribution in [3.8, 4) is 11.5 Å². The van der Waals surface area contributed by atoms with E-state index < -0.39 is 12.6 Å². The van der Waals surface area contributed by atoms with Gasteiger partial charge in [-0.05, 0) is 69.2 Å². The number of aliphatic carboxylic acids is 1. The second kappa shape index (κ2) is 12.2. The summed E-state index contributed by atoms with van der Waals surface area (Å²) in [4.78, 5) is 29.3. The van der Waals surface area contributed by atoms with Gasteiger partial charge in [0.05, 0.1) is 12.8 Å². The number of rotatable bonds is 10. The Morgan fingerprint density at radius 2 is 1.60 bits per heavy atom. The number of hydrogen-bond donors (Lipinski definition) is 2. The van der Waals surface area contributed by atoms with Gasteiger partial charge in [-0.1, -0.05) is 0 Å². The molecule has 0 atom stereocenters. The second-order valence-corrected chi connectivity index (χ2v) is 8.55. The summed E-state index contributed by atoms with van der Waals surface area (Å²) in [6.45, 7) is 5.62. The number of aromatic nitrogens is 3. The number of carboxylic acids is 1. The lowest BCUT2D eigenvalue weighted by molar-refractivity contribution is -0.139. The van der Waals surface area contributed by atoms with Gasteiger partial charge in [-0.15, -0.1) is 0 Å². The molecule has 4 rings (SSSR count). The monoisotopic (exact) mass is 483 g/mol. The summed E-state index contributed by atoms with van der Waals surface area (Å²) in [5.41, 5.74) is 3.72. The Hall–Kier alpha value is -3.63. The van der Waals surface area contributed by atoms with Gasteiger partial charge in [0.15, 0.2) is 18.1 Å². The highest BCUT2D eigenvalue weighted by molar-refractivity contribution is 5.81. The molecule has 2 saturated heterocycles. The van der Waals surface area contributed by atoms with Crippen LogP contribution in [0, 0.1) is 0 Å². The smallest absolute Gasteiger partial charge is 0.341 e. The summed E-state index contributed by atoms with van der Waals surface area (Å²) in [6.07, 6.45) is 8.66. The highest BCUT2D eigenvalue weighted by Crippen LogP contribution is 2.28. The van der Waals surface area contributed by atoms with Gasteiger partial charge in [-0.2, -0.15) is 20.1 Å². The number of carboxylic acid groups (broad SMARTS) is 1. The van der Waals surface area contributed by atoms with E-state index in [4.69, 9.17) is 19.6 Å². The molecule has 0 radical (unpaired) electrons. The Morgan fingerprint density at radius 1 is 0.971 bits per heavy atom. The molecule has 2 aliphatic rings. The van der Waals surface area contributed by atoms with Crippen molar-refractivity contribution in [3.05, 3.63) is 23.8 Å². The van der Waals surface area contributed by atoms with E-state index in [1.54, 1.807) is 24.4 Å². The molecule has 188 valence electrons. The van der Waals surface area contributed by atoms with E-state index >= 15 is 0 Å². The van der Waals surface area contributed by atoms with E-state index in [1.165, 1.54) is 12.8 Å². The SMILES string of the molecule is CCOc1cc(/C=N/Nc2nc(N3CCCCC3)nc(N3CCCCC3)n2)ccc1OCC(=O)O. The fourth-order valence-corrected chi connectivity index (χ4v) is 4.17. The number of carbonyl (C=O) groups is 1. The average molecular weight is 484 g/mol. The lowest BCUT2D eigenvalue weighted by atomic mass is 10.1. The minimum Gasteiger partial charge on any atom is -0.490 e.